The number of pyridine rings is 1. The van der Waals surface area contributed by atoms with Gasteiger partial charge in [-0.25, -0.2) is 0 Å². The van der Waals surface area contributed by atoms with Crippen molar-refractivity contribution in [3.05, 3.63) is 65.2 Å². The second-order valence-electron chi connectivity index (χ2n) is 5.26. The third-order valence-corrected chi connectivity index (χ3v) is 3.65. The number of hydrogen-bond acceptors (Lipinski definition) is 5. The first-order valence-corrected chi connectivity index (χ1v) is 7.13. The SMILES string of the molecule is COC(=O)Cc1ccc2oc(C(=O)c3ccncc3C)cc2c1. The predicted octanol–water partition coefficient (Wildman–Crippen LogP) is 3.08. The first-order valence-electron chi connectivity index (χ1n) is 7.13. The lowest BCUT2D eigenvalue weighted by atomic mass is 10.1. The number of hydrogen-bond donors (Lipinski definition) is 0. The van der Waals surface area contributed by atoms with Gasteiger partial charge in [-0.15, -0.1) is 0 Å². The van der Waals surface area contributed by atoms with Gasteiger partial charge in [-0.3, -0.25) is 14.6 Å². The number of nitrogens with zero attached hydrogens (tertiary/aromatic N) is 1. The van der Waals surface area contributed by atoms with Gasteiger partial charge in [0.1, 0.15) is 5.58 Å². The number of ketones is 1. The molecule has 0 aliphatic rings. The van der Waals surface area contributed by atoms with Crippen molar-refractivity contribution in [3.63, 3.8) is 0 Å². The average molecular weight is 309 g/mol. The molecule has 0 fully saturated rings. The van der Waals surface area contributed by atoms with E-state index in [0.29, 0.717) is 11.1 Å². The molecule has 1 aromatic carbocycles. The van der Waals surface area contributed by atoms with Crippen LogP contribution in [0.2, 0.25) is 0 Å². The lowest BCUT2D eigenvalue weighted by Crippen LogP contribution is -2.03. The maximum absolute atomic E-state index is 12.6. The quantitative estimate of drug-likeness (QED) is 0.547. The zero-order chi connectivity index (χ0) is 16.4. The van der Waals surface area contributed by atoms with Crippen molar-refractivity contribution >= 4 is 22.7 Å². The zero-order valence-corrected chi connectivity index (χ0v) is 12.8. The molecule has 0 saturated carbocycles. The number of fused-ring (bicyclic) bond motifs is 1. The van der Waals surface area contributed by atoms with Crippen LogP contribution >= 0.6 is 0 Å². The highest BCUT2D eigenvalue weighted by molar-refractivity contribution is 6.09. The average Bonchev–Trinajstić information content (AvgIpc) is 2.97. The molecule has 0 bridgehead atoms. The summed E-state index contributed by atoms with van der Waals surface area (Å²) in [7, 11) is 1.35. The summed E-state index contributed by atoms with van der Waals surface area (Å²) in [4.78, 5) is 27.9. The van der Waals surface area contributed by atoms with E-state index in [0.717, 1.165) is 16.5 Å². The topological polar surface area (TPSA) is 69.4 Å². The Bertz CT molecular complexity index is 895. The molecule has 116 valence electrons. The number of methoxy groups -OCH3 is 1. The minimum atomic E-state index is -0.309. The molecule has 3 rings (SSSR count). The summed E-state index contributed by atoms with van der Waals surface area (Å²) in [6.45, 7) is 1.83. The van der Waals surface area contributed by atoms with Crippen LogP contribution in [0.1, 0.15) is 27.2 Å². The third kappa shape index (κ3) is 2.99. The predicted molar refractivity (Wildman–Crippen MR) is 84.3 cm³/mol. The van der Waals surface area contributed by atoms with E-state index in [-0.39, 0.29) is 23.9 Å². The maximum Gasteiger partial charge on any atom is 0.309 e. The molecule has 5 nitrogen and oxygen atoms in total. The fraction of sp³-hybridized carbons (Fsp3) is 0.167. The van der Waals surface area contributed by atoms with E-state index in [1.165, 1.54) is 7.11 Å². The van der Waals surface area contributed by atoms with Crippen molar-refractivity contribution in [2.75, 3.05) is 7.11 Å². The summed E-state index contributed by atoms with van der Waals surface area (Å²) >= 11 is 0. The molecule has 23 heavy (non-hydrogen) atoms. The van der Waals surface area contributed by atoms with Crippen molar-refractivity contribution in [2.24, 2.45) is 0 Å². The Balaban J connectivity index is 1.95. The van der Waals surface area contributed by atoms with Gasteiger partial charge in [0, 0.05) is 23.3 Å². The summed E-state index contributed by atoms with van der Waals surface area (Å²) in [6.07, 6.45) is 3.41. The molecular weight excluding hydrogens is 294 g/mol. The van der Waals surface area contributed by atoms with E-state index in [2.05, 4.69) is 9.72 Å². The summed E-state index contributed by atoms with van der Waals surface area (Å²) < 4.78 is 10.3. The van der Waals surface area contributed by atoms with E-state index < -0.39 is 0 Å². The standard InChI is InChI=1S/C18H15NO4/c1-11-10-19-6-5-14(11)18(21)16-9-13-7-12(8-17(20)22-2)3-4-15(13)23-16/h3-7,9-10H,8H2,1-2H3. The molecule has 5 heteroatoms. The van der Waals surface area contributed by atoms with Crippen LogP contribution in [0.25, 0.3) is 11.0 Å². The van der Waals surface area contributed by atoms with Crippen molar-refractivity contribution in [2.45, 2.75) is 13.3 Å². The van der Waals surface area contributed by atoms with Crippen LogP contribution in [0, 0.1) is 6.92 Å². The first kappa shape index (κ1) is 15.0. The molecule has 3 aromatic rings. The van der Waals surface area contributed by atoms with Crippen LogP contribution in [0.3, 0.4) is 0 Å². The first-order chi connectivity index (χ1) is 11.1. The van der Waals surface area contributed by atoms with Crippen LogP contribution in [0.4, 0.5) is 0 Å². The number of rotatable bonds is 4. The molecule has 0 unspecified atom stereocenters. The Kier molecular flexibility index (Phi) is 3.93. The molecule has 2 aromatic heterocycles. The van der Waals surface area contributed by atoms with Gasteiger partial charge in [-0.2, -0.15) is 0 Å². The lowest BCUT2D eigenvalue weighted by Gasteiger charge is -2.00. The molecule has 0 aliphatic heterocycles. The molecule has 0 aliphatic carbocycles. The van der Waals surface area contributed by atoms with Crippen LogP contribution in [-0.4, -0.2) is 23.8 Å². The van der Waals surface area contributed by atoms with Crippen LogP contribution < -0.4 is 0 Å². The number of aryl methyl sites for hydroxylation is 1. The molecule has 0 radical (unpaired) electrons. The summed E-state index contributed by atoms with van der Waals surface area (Å²) in [5.41, 5.74) is 2.77. The van der Waals surface area contributed by atoms with Gasteiger partial charge >= 0.3 is 5.97 Å². The Morgan fingerprint density at radius 1 is 1.22 bits per heavy atom. The molecule has 2 heterocycles. The van der Waals surface area contributed by atoms with Gasteiger partial charge in [0.15, 0.2) is 5.76 Å². The van der Waals surface area contributed by atoms with E-state index >= 15 is 0 Å². The second-order valence-corrected chi connectivity index (χ2v) is 5.26. The zero-order valence-electron chi connectivity index (χ0n) is 12.8. The highest BCUT2D eigenvalue weighted by Crippen LogP contribution is 2.24. The number of ether oxygens (including phenoxy) is 1. The fourth-order valence-corrected chi connectivity index (χ4v) is 2.41. The highest BCUT2D eigenvalue weighted by atomic mass is 16.5. The highest BCUT2D eigenvalue weighted by Gasteiger charge is 2.17. The molecule has 0 atom stereocenters. The van der Waals surface area contributed by atoms with Crippen molar-refractivity contribution in [1.29, 1.82) is 0 Å². The Hall–Kier alpha value is -2.95. The third-order valence-electron chi connectivity index (χ3n) is 3.65. The van der Waals surface area contributed by atoms with E-state index in [1.807, 2.05) is 13.0 Å². The van der Waals surface area contributed by atoms with E-state index in [4.69, 9.17) is 4.42 Å². The van der Waals surface area contributed by atoms with Gasteiger partial charge in [-0.1, -0.05) is 6.07 Å². The fourth-order valence-electron chi connectivity index (χ4n) is 2.41. The normalized spacial score (nSPS) is 10.7. The van der Waals surface area contributed by atoms with Gasteiger partial charge in [0.05, 0.1) is 13.5 Å². The van der Waals surface area contributed by atoms with Crippen molar-refractivity contribution in [3.8, 4) is 0 Å². The Labute approximate surface area is 132 Å². The molecule has 0 spiro atoms. The van der Waals surface area contributed by atoms with Crippen LogP contribution in [0.15, 0.2) is 47.1 Å². The number of furan rings is 1. The Morgan fingerprint density at radius 2 is 2.04 bits per heavy atom. The van der Waals surface area contributed by atoms with E-state index in [9.17, 15) is 9.59 Å². The largest absolute Gasteiger partial charge is 0.469 e. The summed E-state index contributed by atoms with van der Waals surface area (Å²) in [5, 5.41) is 0.779. The molecule has 0 saturated heterocycles. The van der Waals surface area contributed by atoms with Gasteiger partial charge in [0.25, 0.3) is 0 Å². The molecule has 0 amide bonds. The van der Waals surface area contributed by atoms with Gasteiger partial charge < -0.3 is 9.15 Å². The van der Waals surface area contributed by atoms with Crippen LogP contribution in [-0.2, 0) is 16.0 Å². The lowest BCUT2D eigenvalue weighted by molar-refractivity contribution is -0.139. The second kappa shape index (κ2) is 6.04. The molecular formula is C18H15NO4. The number of carbonyl (C=O) groups is 2. The van der Waals surface area contributed by atoms with Gasteiger partial charge in [0.2, 0.25) is 5.78 Å². The Morgan fingerprint density at radius 3 is 2.78 bits per heavy atom. The summed E-state index contributed by atoms with van der Waals surface area (Å²) in [5.74, 6) is -0.225. The van der Waals surface area contributed by atoms with Crippen molar-refractivity contribution in [1.82, 2.24) is 4.98 Å². The smallest absolute Gasteiger partial charge is 0.309 e. The monoisotopic (exact) mass is 309 g/mol. The number of aromatic nitrogens is 1. The minimum Gasteiger partial charge on any atom is -0.469 e. The van der Waals surface area contributed by atoms with Gasteiger partial charge in [-0.05, 0) is 42.3 Å². The van der Waals surface area contributed by atoms with Crippen LogP contribution in [0.5, 0.6) is 0 Å². The number of benzene rings is 1. The molecule has 0 N–H and O–H groups in total. The van der Waals surface area contributed by atoms with E-state index in [1.54, 1.807) is 36.7 Å². The maximum atomic E-state index is 12.6. The summed E-state index contributed by atoms with van der Waals surface area (Å²) in [6, 6.07) is 8.73. The minimum absolute atomic E-state index is 0.185. The number of carbonyl (C=O) groups excluding carboxylic acids is 2. The number of esters is 1. The van der Waals surface area contributed by atoms with Crippen molar-refractivity contribution < 1.29 is 18.7 Å².